The lowest BCUT2D eigenvalue weighted by atomic mass is 10.0. The summed E-state index contributed by atoms with van der Waals surface area (Å²) in [6, 6.07) is 22.4. The van der Waals surface area contributed by atoms with Gasteiger partial charge in [-0.15, -0.1) is 0 Å². The maximum atomic E-state index is 13.1. The molecule has 0 radical (unpaired) electrons. The first-order valence-electron chi connectivity index (χ1n) is 9.43. The van der Waals surface area contributed by atoms with Crippen molar-refractivity contribution < 1.29 is 9.53 Å². The summed E-state index contributed by atoms with van der Waals surface area (Å²) in [6.07, 6.45) is 1.68. The van der Waals surface area contributed by atoms with Crippen LogP contribution in [0.4, 0.5) is 0 Å². The van der Waals surface area contributed by atoms with Crippen LogP contribution in [0.1, 0.15) is 27.0 Å². The second kappa shape index (κ2) is 7.76. The van der Waals surface area contributed by atoms with E-state index in [2.05, 4.69) is 0 Å². The Balaban J connectivity index is 1.83. The molecule has 1 heterocycles. The molecular weight excluding hydrogens is 362 g/mol. The van der Waals surface area contributed by atoms with Gasteiger partial charge >= 0.3 is 0 Å². The van der Waals surface area contributed by atoms with Crippen LogP contribution >= 0.6 is 0 Å². The molecule has 144 valence electrons. The minimum absolute atomic E-state index is 0.182. The van der Waals surface area contributed by atoms with Crippen molar-refractivity contribution >= 4 is 16.7 Å². The minimum atomic E-state index is -0.260. The highest BCUT2D eigenvalue weighted by Crippen LogP contribution is 2.18. The van der Waals surface area contributed by atoms with E-state index in [4.69, 9.17) is 4.74 Å². The number of benzene rings is 3. The van der Waals surface area contributed by atoms with Crippen LogP contribution in [0, 0.1) is 6.92 Å². The number of hydrogen-bond donors (Lipinski definition) is 0. The van der Waals surface area contributed by atoms with Crippen molar-refractivity contribution in [2.45, 2.75) is 13.5 Å². The summed E-state index contributed by atoms with van der Waals surface area (Å²) in [5.41, 5.74) is 3.37. The second-order valence-electron chi connectivity index (χ2n) is 7.06. The zero-order chi connectivity index (χ0) is 20.4. The lowest BCUT2D eigenvalue weighted by Crippen LogP contribution is -2.20. The van der Waals surface area contributed by atoms with Crippen LogP contribution in [0.5, 0.6) is 5.75 Å². The van der Waals surface area contributed by atoms with Crippen molar-refractivity contribution in [3.8, 4) is 5.75 Å². The molecule has 0 saturated heterocycles. The van der Waals surface area contributed by atoms with Gasteiger partial charge in [-0.1, -0.05) is 54.1 Å². The van der Waals surface area contributed by atoms with Crippen LogP contribution in [-0.4, -0.2) is 17.5 Å². The average molecular weight is 383 g/mol. The van der Waals surface area contributed by atoms with E-state index < -0.39 is 0 Å². The molecule has 4 heteroatoms. The number of hydrogen-bond acceptors (Lipinski definition) is 3. The van der Waals surface area contributed by atoms with E-state index in [1.807, 2.05) is 66.1 Å². The third-order valence-electron chi connectivity index (χ3n) is 5.06. The molecule has 4 nitrogen and oxygen atoms in total. The van der Waals surface area contributed by atoms with Gasteiger partial charge < -0.3 is 9.30 Å². The largest absolute Gasteiger partial charge is 0.497 e. The molecule has 4 rings (SSSR count). The number of aryl methyl sites for hydroxylation is 1. The lowest BCUT2D eigenvalue weighted by molar-refractivity contribution is 0.103. The molecular formula is C25H21NO3. The van der Waals surface area contributed by atoms with Gasteiger partial charge in [-0.3, -0.25) is 9.59 Å². The van der Waals surface area contributed by atoms with Crippen molar-refractivity contribution in [1.29, 1.82) is 0 Å². The number of carbonyl (C=O) groups is 1. The highest BCUT2D eigenvalue weighted by Gasteiger charge is 2.17. The number of pyridine rings is 1. The van der Waals surface area contributed by atoms with E-state index in [9.17, 15) is 9.59 Å². The first kappa shape index (κ1) is 18.7. The van der Waals surface area contributed by atoms with E-state index in [0.717, 1.165) is 22.4 Å². The van der Waals surface area contributed by atoms with Gasteiger partial charge in [-0.05, 0) is 36.8 Å². The number of nitrogens with zero attached hydrogens (tertiary/aromatic N) is 1. The SMILES string of the molecule is COc1ccc(Cn2cc(C(=O)c3ccc(C)cc3)c(=O)c3ccccc32)cc1. The van der Waals surface area contributed by atoms with Gasteiger partial charge in [0.25, 0.3) is 0 Å². The molecule has 0 saturated carbocycles. The molecule has 0 aliphatic rings. The Morgan fingerprint density at radius 2 is 1.62 bits per heavy atom. The number of fused-ring (bicyclic) bond motifs is 1. The average Bonchev–Trinajstić information content (AvgIpc) is 2.76. The predicted octanol–water partition coefficient (Wildman–Crippen LogP) is 4.60. The number of ether oxygens (including phenoxy) is 1. The molecule has 0 aliphatic heterocycles. The number of methoxy groups -OCH3 is 1. The maximum absolute atomic E-state index is 13.1. The summed E-state index contributed by atoms with van der Waals surface area (Å²) < 4.78 is 7.18. The normalized spacial score (nSPS) is 10.8. The summed E-state index contributed by atoms with van der Waals surface area (Å²) >= 11 is 0. The quantitative estimate of drug-likeness (QED) is 0.473. The molecule has 0 spiro atoms. The molecule has 0 bridgehead atoms. The molecule has 0 N–H and O–H groups in total. The predicted molar refractivity (Wildman–Crippen MR) is 115 cm³/mol. The lowest BCUT2D eigenvalue weighted by Gasteiger charge is -2.14. The van der Waals surface area contributed by atoms with Gasteiger partial charge in [0.1, 0.15) is 5.75 Å². The van der Waals surface area contributed by atoms with E-state index >= 15 is 0 Å². The molecule has 4 aromatic rings. The van der Waals surface area contributed by atoms with Crippen molar-refractivity contribution in [3.05, 3.63) is 111 Å². The number of rotatable bonds is 5. The Bertz CT molecular complexity index is 1240. The van der Waals surface area contributed by atoms with Crippen LogP contribution in [0.3, 0.4) is 0 Å². The monoisotopic (exact) mass is 383 g/mol. The molecule has 0 unspecified atom stereocenters. The maximum Gasteiger partial charge on any atom is 0.200 e. The number of carbonyl (C=O) groups excluding carboxylic acids is 1. The topological polar surface area (TPSA) is 48.3 Å². The van der Waals surface area contributed by atoms with Gasteiger partial charge in [0.15, 0.2) is 5.78 Å². The molecule has 1 aromatic heterocycles. The third kappa shape index (κ3) is 3.69. The Hall–Kier alpha value is -3.66. The Morgan fingerprint density at radius 1 is 0.931 bits per heavy atom. The van der Waals surface area contributed by atoms with Crippen LogP contribution in [0.15, 0.2) is 83.8 Å². The zero-order valence-corrected chi connectivity index (χ0v) is 16.4. The van der Waals surface area contributed by atoms with E-state index in [-0.39, 0.29) is 16.8 Å². The smallest absolute Gasteiger partial charge is 0.200 e. The van der Waals surface area contributed by atoms with Crippen LogP contribution in [0.2, 0.25) is 0 Å². The van der Waals surface area contributed by atoms with Gasteiger partial charge in [0.05, 0.1) is 18.2 Å². The van der Waals surface area contributed by atoms with Crippen LogP contribution in [-0.2, 0) is 6.54 Å². The summed E-state index contributed by atoms with van der Waals surface area (Å²) in [7, 11) is 1.63. The number of para-hydroxylation sites is 1. The summed E-state index contributed by atoms with van der Waals surface area (Å²) in [5, 5.41) is 0.541. The first-order chi connectivity index (χ1) is 14.1. The van der Waals surface area contributed by atoms with Crippen molar-refractivity contribution in [2.24, 2.45) is 0 Å². The van der Waals surface area contributed by atoms with Gasteiger partial charge in [-0.25, -0.2) is 0 Å². The number of aromatic nitrogens is 1. The molecule has 0 aliphatic carbocycles. The fraction of sp³-hybridized carbons (Fsp3) is 0.120. The van der Waals surface area contributed by atoms with Crippen molar-refractivity contribution in [3.63, 3.8) is 0 Å². The Morgan fingerprint density at radius 3 is 2.31 bits per heavy atom. The molecule has 29 heavy (non-hydrogen) atoms. The first-order valence-corrected chi connectivity index (χ1v) is 9.43. The van der Waals surface area contributed by atoms with E-state index in [1.165, 1.54) is 0 Å². The van der Waals surface area contributed by atoms with Gasteiger partial charge in [-0.2, -0.15) is 0 Å². The van der Waals surface area contributed by atoms with Gasteiger partial charge in [0.2, 0.25) is 5.43 Å². The zero-order valence-electron chi connectivity index (χ0n) is 16.4. The van der Waals surface area contributed by atoms with Crippen LogP contribution < -0.4 is 10.2 Å². The summed E-state index contributed by atoms with van der Waals surface area (Å²) in [6.45, 7) is 2.51. The number of ketones is 1. The summed E-state index contributed by atoms with van der Waals surface area (Å²) in [4.78, 5) is 26.1. The molecule has 3 aromatic carbocycles. The highest BCUT2D eigenvalue weighted by atomic mass is 16.5. The Labute approximate surface area is 169 Å². The van der Waals surface area contributed by atoms with E-state index in [1.54, 1.807) is 31.5 Å². The minimum Gasteiger partial charge on any atom is -0.497 e. The standard InChI is InChI=1S/C25H21NO3/c1-17-7-11-19(12-8-17)24(27)22-16-26(15-18-9-13-20(29-2)14-10-18)23-6-4-3-5-21(23)25(22)28/h3-14,16H,15H2,1-2H3. The van der Waals surface area contributed by atoms with Crippen molar-refractivity contribution in [1.82, 2.24) is 4.57 Å². The molecule has 0 fully saturated rings. The fourth-order valence-electron chi connectivity index (χ4n) is 3.43. The van der Waals surface area contributed by atoms with Crippen molar-refractivity contribution in [2.75, 3.05) is 7.11 Å². The fourth-order valence-corrected chi connectivity index (χ4v) is 3.43. The Kier molecular flexibility index (Phi) is 5.00. The molecule has 0 amide bonds. The summed E-state index contributed by atoms with van der Waals surface area (Å²) in [5.74, 6) is 0.526. The third-order valence-corrected chi connectivity index (χ3v) is 5.06. The van der Waals surface area contributed by atoms with Crippen LogP contribution in [0.25, 0.3) is 10.9 Å². The van der Waals surface area contributed by atoms with Gasteiger partial charge in [0, 0.05) is 23.7 Å². The second-order valence-corrected chi connectivity index (χ2v) is 7.06. The highest BCUT2D eigenvalue weighted by molar-refractivity contribution is 6.10. The van der Waals surface area contributed by atoms with E-state index in [0.29, 0.717) is 17.5 Å². The molecule has 0 atom stereocenters.